The lowest BCUT2D eigenvalue weighted by atomic mass is 9.93. The highest BCUT2D eigenvalue weighted by molar-refractivity contribution is 6.05. The third kappa shape index (κ3) is 2.33. The van der Waals surface area contributed by atoms with Gasteiger partial charge in [0.25, 0.3) is 0 Å². The molecule has 0 amide bonds. The Hall–Kier alpha value is -1.57. The van der Waals surface area contributed by atoms with E-state index in [1.165, 1.54) is 30.4 Å². The van der Waals surface area contributed by atoms with Crippen LogP contribution in [-0.4, -0.2) is 12.4 Å². The summed E-state index contributed by atoms with van der Waals surface area (Å²) in [6, 6.07) is 5.80. The molecular formula is C16H18O2. The van der Waals surface area contributed by atoms with Crippen molar-refractivity contribution in [1.29, 1.82) is 0 Å². The Morgan fingerprint density at radius 2 is 1.94 bits per heavy atom. The van der Waals surface area contributed by atoms with E-state index in [4.69, 9.17) is 4.74 Å². The summed E-state index contributed by atoms with van der Waals surface area (Å²) in [4.78, 5) is 12.2. The van der Waals surface area contributed by atoms with Crippen LogP contribution in [0.3, 0.4) is 0 Å². The molecular weight excluding hydrogens is 224 g/mol. The second-order valence-electron chi connectivity index (χ2n) is 5.15. The van der Waals surface area contributed by atoms with E-state index in [0.717, 1.165) is 37.2 Å². The van der Waals surface area contributed by atoms with Crippen LogP contribution in [0.4, 0.5) is 0 Å². The standard InChI is InChI=1S/C16H18O2/c17-15(10-12-4-2-1-3-5-12)13-6-7-16-14(11-13)8-9-18-16/h6-7,10-11H,1-5,8-9H2. The molecule has 1 saturated carbocycles. The van der Waals surface area contributed by atoms with Crippen molar-refractivity contribution in [2.45, 2.75) is 38.5 Å². The van der Waals surface area contributed by atoms with Crippen molar-refractivity contribution in [3.63, 3.8) is 0 Å². The monoisotopic (exact) mass is 242 g/mol. The third-order valence-electron chi connectivity index (χ3n) is 3.80. The molecule has 0 saturated heterocycles. The summed E-state index contributed by atoms with van der Waals surface area (Å²) in [6.45, 7) is 0.744. The average Bonchev–Trinajstić information content (AvgIpc) is 2.87. The van der Waals surface area contributed by atoms with Crippen molar-refractivity contribution in [3.8, 4) is 5.75 Å². The first-order valence-electron chi connectivity index (χ1n) is 6.82. The van der Waals surface area contributed by atoms with Crippen LogP contribution in [0.25, 0.3) is 0 Å². The molecule has 1 aliphatic carbocycles. The average molecular weight is 242 g/mol. The fraction of sp³-hybridized carbons (Fsp3) is 0.438. The topological polar surface area (TPSA) is 26.3 Å². The number of carbonyl (C=O) groups excluding carboxylic acids is 1. The molecule has 1 aromatic rings. The molecule has 2 nitrogen and oxygen atoms in total. The Kier molecular flexibility index (Phi) is 3.18. The minimum Gasteiger partial charge on any atom is -0.493 e. The predicted octanol–water partition coefficient (Wildman–Crippen LogP) is 3.69. The maximum absolute atomic E-state index is 12.2. The maximum Gasteiger partial charge on any atom is 0.185 e. The molecule has 1 aromatic carbocycles. The van der Waals surface area contributed by atoms with E-state index in [-0.39, 0.29) is 5.78 Å². The number of ether oxygens (including phenoxy) is 1. The molecule has 3 rings (SSSR count). The van der Waals surface area contributed by atoms with Crippen molar-refractivity contribution in [2.75, 3.05) is 6.61 Å². The molecule has 0 bridgehead atoms. The number of benzene rings is 1. The van der Waals surface area contributed by atoms with E-state index in [0.29, 0.717) is 0 Å². The van der Waals surface area contributed by atoms with Gasteiger partial charge in [-0.05, 0) is 55.5 Å². The van der Waals surface area contributed by atoms with E-state index >= 15 is 0 Å². The first kappa shape index (κ1) is 11.5. The Labute approximate surface area is 108 Å². The number of ketones is 1. The van der Waals surface area contributed by atoms with Crippen molar-refractivity contribution in [3.05, 3.63) is 41.0 Å². The number of hydrogen-bond donors (Lipinski definition) is 0. The number of allylic oxidation sites excluding steroid dienone is 2. The van der Waals surface area contributed by atoms with Crippen molar-refractivity contribution in [2.24, 2.45) is 0 Å². The lowest BCUT2D eigenvalue weighted by molar-refractivity contribution is 0.104. The van der Waals surface area contributed by atoms with Crippen LogP contribution in [0.15, 0.2) is 29.8 Å². The number of carbonyl (C=O) groups is 1. The maximum atomic E-state index is 12.2. The molecule has 0 spiro atoms. The summed E-state index contributed by atoms with van der Waals surface area (Å²) in [6.07, 6.45) is 8.75. The lowest BCUT2D eigenvalue weighted by Crippen LogP contribution is -2.00. The van der Waals surface area contributed by atoms with Gasteiger partial charge in [-0.25, -0.2) is 0 Å². The zero-order valence-corrected chi connectivity index (χ0v) is 10.6. The molecule has 1 aliphatic heterocycles. The van der Waals surface area contributed by atoms with Gasteiger partial charge in [0.15, 0.2) is 5.78 Å². The van der Waals surface area contributed by atoms with Crippen LogP contribution in [0, 0.1) is 0 Å². The summed E-state index contributed by atoms with van der Waals surface area (Å²) >= 11 is 0. The Morgan fingerprint density at radius 3 is 2.78 bits per heavy atom. The second kappa shape index (κ2) is 4.97. The minimum absolute atomic E-state index is 0.154. The Bertz CT molecular complexity index is 492. The largest absolute Gasteiger partial charge is 0.493 e. The molecule has 2 heteroatoms. The van der Waals surface area contributed by atoms with E-state index in [1.807, 2.05) is 24.3 Å². The number of hydrogen-bond acceptors (Lipinski definition) is 2. The molecule has 1 fully saturated rings. The molecule has 0 radical (unpaired) electrons. The first-order valence-corrected chi connectivity index (χ1v) is 6.82. The molecule has 1 heterocycles. The van der Waals surface area contributed by atoms with Gasteiger partial charge < -0.3 is 4.74 Å². The molecule has 18 heavy (non-hydrogen) atoms. The second-order valence-corrected chi connectivity index (χ2v) is 5.15. The normalized spacial score (nSPS) is 18.1. The fourth-order valence-corrected chi connectivity index (χ4v) is 2.76. The van der Waals surface area contributed by atoms with Gasteiger partial charge in [-0.15, -0.1) is 0 Å². The van der Waals surface area contributed by atoms with Gasteiger partial charge in [0.1, 0.15) is 5.75 Å². The van der Waals surface area contributed by atoms with Crippen LogP contribution >= 0.6 is 0 Å². The van der Waals surface area contributed by atoms with E-state index in [9.17, 15) is 4.79 Å². The van der Waals surface area contributed by atoms with Gasteiger partial charge in [-0.1, -0.05) is 12.0 Å². The molecule has 0 unspecified atom stereocenters. The zero-order chi connectivity index (χ0) is 12.4. The van der Waals surface area contributed by atoms with Crippen LogP contribution in [0.2, 0.25) is 0 Å². The summed E-state index contributed by atoms with van der Waals surface area (Å²) in [5, 5.41) is 0. The highest BCUT2D eigenvalue weighted by Gasteiger charge is 2.15. The Morgan fingerprint density at radius 1 is 1.11 bits per heavy atom. The van der Waals surface area contributed by atoms with Crippen molar-refractivity contribution in [1.82, 2.24) is 0 Å². The fourth-order valence-electron chi connectivity index (χ4n) is 2.76. The number of rotatable bonds is 2. The quantitative estimate of drug-likeness (QED) is 0.584. The molecule has 0 atom stereocenters. The van der Waals surface area contributed by atoms with Crippen LogP contribution in [0.1, 0.15) is 48.0 Å². The number of fused-ring (bicyclic) bond motifs is 1. The first-order chi connectivity index (χ1) is 8.83. The predicted molar refractivity (Wildman–Crippen MR) is 71.1 cm³/mol. The highest BCUT2D eigenvalue weighted by Crippen LogP contribution is 2.27. The van der Waals surface area contributed by atoms with E-state index in [1.54, 1.807) is 0 Å². The molecule has 0 aromatic heterocycles. The van der Waals surface area contributed by atoms with Gasteiger partial charge in [0.05, 0.1) is 6.61 Å². The van der Waals surface area contributed by atoms with E-state index < -0.39 is 0 Å². The summed E-state index contributed by atoms with van der Waals surface area (Å²) in [7, 11) is 0. The van der Waals surface area contributed by atoms with Gasteiger partial charge in [0.2, 0.25) is 0 Å². The highest BCUT2D eigenvalue weighted by atomic mass is 16.5. The third-order valence-corrected chi connectivity index (χ3v) is 3.80. The van der Waals surface area contributed by atoms with Gasteiger partial charge >= 0.3 is 0 Å². The van der Waals surface area contributed by atoms with Crippen molar-refractivity contribution < 1.29 is 9.53 Å². The van der Waals surface area contributed by atoms with Gasteiger partial charge in [0, 0.05) is 12.0 Å². The smallest absolute Gasteiger partial charge is 0.185 e. The summed E-state index contributed by atoms with van der Waals surface area (Å²) in [5.41, 5.74) is 3.29. The van der Waals surface area contributed by atoms with Crippen LogP contribution in [-0.2, 0) is 6.42 Å². The summed E-state index contributed by atoms with van der Waals surface area (Å²) in [5.74, 6) is 1.10. The lowest BCUT2D eigenvalue weighted by Gasteiger charge is -2.13. The van der Waals surface area contributed by atoms with Crippen molar-refractivity contribution >= 4 is 5.78 Å². The van der Waals surface area contributed by atoms with Gasteiger partial charge in [-0.3, -0.25) is 4.79 Å². The molecule has 0 N–H and O–H groups in total. The Balaban J connectivity index is 1.79. The molecule has 2 aliphatic rings. The summed E-state index contributed by atoms with van der Waals surface area (Å²) < 4.78 is 5.46. The zero-order valence-electron chi connectivity index (χ0n) is 10.6. The van der Waals surface area contributed by atoms with Crippen LogP contribution in [0.5, 0.6) is 5.75 Å². The SMILES string of the molecule is O=C(C=C1CCCCC1)c1ccc2c(c1)CCO2. The van der Waals surface area contributed by atoms with E-state index in [2.05, 4.69) is 0 Å². The molecule has 94 valence electrons. The van der Waals surface area contributed by atoms with Gasteiger partial charge in [-0.2, -0.15) is 0 Å². The minimum atomic E-state index is 0.154. The van der Waals surface area contributed by atoms with Crippen LogP contribution < -0.4 is 4.74 Å².